The van der Waals surface area contributed by atoms with Gasteiger partial charge in [0.2, 0.25) is 0 Å². The van der Waals surface area contributed by atoms with Crippen molar-refractivity contribution >= 4 is 35.8 Å². The molecule has 16 heteroatoms. The molecule has 0 aliphatic heterocycles. The van der Waals surface area contributed by atoms with Crippen molar-refractivity contribution in [3.8, 4) is 23.0 Å². The van der Waals surface area contributed by atoms with Gasteiger partial charge >= 0.3 is 35.8 Å². The molecule has 0 N–H and O–H groups in total. The molecule has 0 spiro atoms. The number of carbonyl (C=O) groups is 6. The van der Waals surface area contributed by atoms with E-state index in [0.717, 1.165) is 165 Å². The summed E-state index contributed by atoms with van der Waals surface area (Å²) in [7, 11) is 2.47. The smallest absolute Gasteiger partial charge is 0.331 e. The number of fused-ring (bicyclic) bond motifs is 8. The van der Waals surface area contributed by atoms with Crippen molar-refractivity contribution in [2.45, 2.75) is 156 Å². The quantitative estimate of drug-likeness (QED) is 0.0157. The van der Waals surface area contributed by atoms with Crippen LogP contribution >= 0.6 is 0 Å². The highest BCUT2D eigenvalue weighted by atomic mass is 16.6. The van der Waals surface area contributed by atoms with Crippen LogP contribution in [0, 0.1) is 0 Å². The molecule has 0 aromatic heterocycles. The molecule has 0 amide bonds. The predicted octanol–water partition coefficient (Wildman–Crippen LogP) is 12.8. The molecule has 0 radical (unpaired) electrons. The van der Waals surface area contributed by atoms with Crippen molar-refractivity contribution in [3.63, 3.8) is 0 Å². The molecule has 476 valence electrons. The third kappa shape index (κ3) is 24.2. The Hall–Kier alpha value is -8.14. The van der Waals surface area contributed by atoms with E-state index in [1.54, 1.807) is 0 Å². The molecule has 1 aliphatic rings. The van der Waals surface area contributed by atoms with Crippen molar-refractivity contribution in [1.29, 1.82) is 0 Å². The standard InChI is InChI=1S/C72H92O16/c1-9-15-31-85-69-55-39-51(23-19-35-81-63(73)13-5)41-57(69)48-59-43-53(25-21-37-83-67(77)29-27-65(75)79-7)45-61(71(59)87-33-17-11-3)50-62-46-54(26-22-38-84-68(78)30-28-66(76)80-8)44-60(72(62)88-34-18-12-4)49-58-42-52(24-20-36-82-64(74)14-6)40-56(47-55)70(58)86-32-16-10-2/h13-14,27-30,39-46H,5-6,9-12,15-26,31-38,47-50H2,1-4,7-8H3/b29-27-,30-28-. The number of rotatable bonds is 38. The maximum Gasteiger partial charge on any atom is 0.331 e. The number of esters is 6. The van der Waals surface area contributed by atoms with E-state index in [1.807, 2.05) is 0 Å². The lowest BCUT2D eigenvalue weighted by Gasteiger charge is -2.25. The van der Waals surface area contributed by atoms with Crippen LogP contribution in [-0.4, -0.2) is 103 Å². The van der Waals surface area contributed by atoms with Crippen LogP contribution in [0.5, 0.6) is 23.0 Å². The molecule has 1 aliphatic carbocycles. The number of unbranched alkanes of at least 4 members (excludes halogenated alkanes) is 4. The van der Waals surface area contributed by atoms with Gasteiger partial charge in [0.15, 0.2) is 0 Å². The van der Waals surface area contributed by atoms with Crippen molar-refractivity contribution < 1.29 is 76.1 Å². The number of carbonyl (C=O) groups excluding carboxylic acids is 6. The van der Waals surface area contributed by atoms with Gasteiger partial charge in [-0.1, -0.05) is 115 Å². The summed E-state index contributed by atoms with van der Waals surface area (Å²) in [5.41, 5.74) is 11.6. The fraction of sp³-hybridized carbons (Fsp3) is 0.472. The summed E-state index contributed by atoms with van der Waals surface area (Å²) in [6, 6.07) is 17.6. The first-order chi connectivity index (χ1) is 42.8. The predicted molar refractivity (Wildman–Crippen MR) is 338 cm³/mol. The summed E-state index contributed by atoms with van der Waals surface area (Å²) in [5.74, 6) is -0.534. The minimum Gasteiger partial charge on any atom is -0.493 e. The van der Waals surface area contributed by atoms with Gasteiger partial charge in [-0.25, -0.2) is 28.8 Å². The Morgan fingerprint density at radius 1 is 0.330 bits per heavy atom. The molecule has 0 fully saturated rings. The van der Waals surface area contributed by atoms with E-state index in [0.29, 0.717) is 103 Å². The fourth-order valence-corrected chi connectivity index (χ4v) is 10.2. The van der Waals surface area contributed by atoms with E-state index in [4.69, 9.17) is 37.9 Å². The van der Waals surface area contributed by atoms with E-state index in [-0.39, 0.29) is 26.4 Å². The van der Waals surface area contributed by atoms with E-state index < -0.39 is 35.8 Å². The lowest BCUT2D eigenvalue weighted by molar-refractivity contribution is -0.139. The molecule has 16 nitrogen and oxygen atoms in total. The molecule has 4 aromatic carbocycles. The fourth-order valence-electron chi connectivity index (χ4n) is 10.2. The van der Waals surface area contributed by atoms with E-state index in [1.165, 1.54) is 26.4 Å². The maximum atomic E-state index is 12.7. The van der Waals surface area contributed by atoms with Gasteiger partial charge in [0, 0.05) is 62.1 Å². The Kier molecular flexibility index (Phi) is 31.8. The van der Waals surface area contributed by atoms with Gasteiger partial charge in [0.25, 0.3) is 0 Å². The second-order valence-electron chi connectivity index (χ2n) is 21.7. The van der Waals surface area contributed by atoms with Gasteiger partial charge in [-0.15, -0.1) is 0 Å². The molecule has 5 rings (SSSR count). The highest BCUT2D eigenvalue weighted by molar-refractivity contribution is 5.92. The topological polar surface area (TPSA) is 195 Å². The molecule has 0 saturated heterocycles. The van der Waals surface area contributed by atoms with Crippen molar-refractivity contribution in [2.75, 3.05) is 67.1 Å². The minimum absolute atomic E-state index is 0.0964. The zero-order chi connectivity index (χ0) is 63.5. The summed E-state index contributed by atoms with van der Waals surface area (Å²) in [6.07, 6.45) is 19.4. The highest BCUT2D eigenvalue weighted by Gasteiger charge is 2.25. The lowest BCUT2D eigenvalue weighted by Crippen LogP contribution is -2.12. The molecule has 0 atom stereocenters. The zero-order valence-corrected chi connectivity index (χ0v) is 52.8. The summed E-state index contributed by atoms with van der Waals surface area (Å²) in [4.78, 5) is 73.3. The van der Waals surface area contributed by atoms with Gasteiger partial charge in [-0.2, -0.15) is 0 Å². The van der Waals surface area contributed by atoms with E-state index >= 15 is 0 Å². The average Bonchev–Trinajstić information content (AvgIpc) is 2.42. The van der Waals surface area contributed by atoms with Crippen molar-refractivity contribution in [3.05, 3.63) is 165 Å². The number of benzene rings is 4. The first-order valence-corrected chi connectivity index (χ1v) is 31.3. The second-order valence-corrected chi connectivity index (χ2v) is 21.7. The summed E-state index contributed by atoms with van der Waals surface area (Å²) < 4.78 is 59.5. The van der Waals surface area contributed by atoms with Gasteiger partial charge in [-0.3, -0.25) is 0 Å². The normalized spacial score (nSPS) is 11.8. The minimum atomic E-state index is -0.661. The molecule has 0 heterocycles. The van der Waals surface area contributed by atoms with Gasteiger partial charge in [0.1, 0.15) is 23.0 Å². The van der Waals surface area contributed by atoms with Crippen LogP contribution in [-0.2, 0) is 109 Å². The van der Waals surface area contributed by atoms with Crippen LogP contribution in [0.2, 0.25) is 0 Å². The third-order valence-corrected chi connectivity index (χ3v) is 14.6. The molecule has 0 saturated carbocycles. The van der Waals surface area contributed by atoms with Crippen LogP contribution in [0.1, 0.15) is 172 Å². The van der Waals surface area contributed by atoms with Gasteiger partial charge < -0.3 is 47.4 Å². The van der Waals surface area contributed by atoms with Crippen LogP contribution in [0.15, 0.2) is 98.1 Å². The molecular formula is C72H92O16. The van der Waals surface area contributed by atoms with Crippen LogP contribution in [0.25, 0.3) is 0 Å². The maximum absolute atomic E-state index is 12.7. The second kappa shape index (κ2) is 39.6. The zero-order valence-electron chi connectivity index (χ0n) is 52.8. The van der Waals surface area contributed by atoms with Gasteiger partial charge in [0.05, 0.1) is 67.1 Å². The van der Waals surface area contributed by atoms with E-state index in [9.17, 15) is 28.8 Å². The number of aryl methyl sites for hydroxylation is 4. The Balaban J connectivity index is 1.87. The van der Waals surface area contributed by atoms with Crippen molar-refractivity contribution in [1.82, 2.24) is 0 Å². The first kappa shape index (κ1) is 70.6. The Labute approximate surface area is 520 Å². The molecule has 4 aromatic rings. The Morgan fingerprint density at radius 2 is 0.545 bits per heavy atom. The lowest BCUT2D eigenvalue weighted by atomic mass is 9.87. The molecular weight excluding hydrogens is 1120 g/mol. The van der Waals surface area contributed by atoms with Crippen molar-refractivity contribution in [2.24, 2.45) is 0 Å². The monoisotopic (exact) mass is 1210 g/mol. The summed E-state index contributed by atoms with van der Waals surface area (Å²) in [5, 5.41) is 0. The highest BCUT2D eigenvalue weighted by Crippen LogP contribution is 2.42. The average molecular weight is 1210 g/mol. The third-order valence-electron chi connectivity index (χ3n) is 14.6. The van der Waals surface area contributed by atoms with E-state index in [2.05, 4.69) is 98.9 Å². The summed E-state index contributed by atoms with van der Waals surface area (Å²) in [6.45, 7) is 18.2. The van der Waals surface area contributed by atoms with Gasteiger partial charge in [-0.05, 0) is 144 Å². The number of hydrogen-bond donors (Lipinski definition) is 0. The van der Waals surface area contributed by atoms with Crippen LogP contribution in [0.3, 0.4) is 0 Å². The molecule has 0 unspecified atom stereocenters. The largest absolute Gasteiger partial charge is 0.493 e. The van der Waals surface area contributed by atoms with Crippen LogP contribution < -0.4 is 18.9 Å². The summed E-state index contributed by atoms with van der Waals surface area (Å²) >= 11 is 0. The number of hydrogen-bond acceptors (Lipinski definition) is 16. The Morgan fingerprint density at radius 3 is 0.750 bits per heavy atom. The molecule has 88 heavy (non-hydrogen) atoms. The number of methoxy groups -OCH3 is 2. The van der Waals surface area contributed by atoms with Crippen LogP contribution in [0.4, 0.5) is 0 Å². The SMILES string of the molecule is C=CC(=O)OCCCc1cc2c(OCCCC)c(c1)Cc1cc(CCCOC(=O)/C=C\C(=O)OC)cc(c1OCCCC)Cc1cc(CCCOC(=O)/C=C\C(=O)OC)cc(c1OCCCC)Cc1cc(CCCOC(=O)C=C)cc(c1OCCCC)C2. The Bertz CT molecular complexity index is 2820. The first-order valence-electron chi connectivity index (χ1n) is 31.3. The molecule has 8 bridgehead atoms. The number of ether oxygens (including phenoxy) is 10.